The molecule has 1 N–H and O–H groups in total. The predicted molar refractivity (Wildman–Crippen MR) is 113 cm³/mol. The van der Waals surface area contributed by atoms with E-state index in [0.29, 0.717) is 26.9 Å². The van der Waals surface area contributed by atoms with Gasteiger partial charge in [0.2, 0.25) is 0 Å². The minimum atomic E-state index is -1.01. The Hall–Kier alpha value is -2.28. The number of ether oxygens (including phenoxy) is 2. The first-order valence-electron chi connectivity index (χ1n) is 8.95. The summed E-state index contributed by atoms with van der Waals surface area (Å²) >= 11 is 12.2. The van der Waals surface area contributed by atoms with Crippen LogP contribution in [0.3, 0.4) is 0 Å². The van der Waals surface area contributed by atoms with Crippen LogP contribution in [0.1, 0.15) is 30.5 Å². The average molecular weight is 440 g/mol. The van der Waals surface area contributed by atoms with Crippen molar-refractivity contribution in [1.82, 2.24) is 0 Å². The van der Waals surface area contributed by atoms with Gasteiger partial charge in [0.15, 0.2) is 6.10 Å². The Balaban J connectivity index is 2.11. The second kappa shape index (κ2) is 11.0. The molecule has 0 saturated heterocycles. The molecule has 0 saturated carbocycles. The molecule has 1 atom stereocenters. The third kappa shape index (κ3) is 6.92. The summed E-state index contributed by atoms with van der Waals surface area (Å²) in [5, 5.41) is 14.3. The Labute approximate surface area is 180 Å². The molecule has 0 aliphatic heterocycles. The van der Waals surface area contributed by atoms with Gasteiger partial charge in [-0.3, -0.25) is 0 Å². The summed E-state index contributed by atoms with van der Waals surface area (Å²) in [4.78, 5) is 16.8. The highest BCUT2D eigenvalue weighted by Crippen LogP contribution is 2.25. The largest absolute Gasteiger partial charge is 0.496 e. The standard InChI is InChI=1S/C21H23Cl2NO5/c1-13(2)29-20(21(25)26)10-14-7-8-19(27-3)15(9-14)11-24-28-12-16-17(22)5-4-6-18(16)23/h4-9,11,13,20H,10,12H2,1-3H3,(H,25,26). The Kier molecular flexibility index (Phi) is 8.76. The lowest BCUT2D eigenvalue weighted by atomic mass is 10.0. The van der Waals surface area contributed by atoms with Gasteiger partial charge in [-0.15, -0.1) is 0 Å². The average Bonchev–Trinajstić information content (AvgIpc) is 2.66. The Morgan fingerprint density at radius 3 is 2.48 bits per heavy atom. The highest BCUT2D eigenvalue weighted by atomic mass is 35.5. The number of aliphatic carboxylic acids is 1. The molecule has 156 valence electrons. The monoisotopic (exact) mass is 439 g/mol. The van der Waals surface area contributed by atoms with Crippen LogP contribution in [0.4, 0.5) is 0 Å². The lowest BCUT2D eigenvalue weighted by Crippen LogP contribution is -2.29. The topological polar surface area (TPSA) is 77.4 Å². The fourth-order valence-electron chi connectivity index (χ4n) is 2.61. The third-order valence-corrected chi connectivity index (χ3v) is 4.67. The maximum atomic E-state index is 11.4. The Morgan fingerprint density at radius 2 is 1.90 bits per heavy atom. The molecule has 6 nitrogen and oxygen atoms in total. The molecule has 0 spiro atoms. The van der Waals surface area contributed by atoms with Crippen molar-refractivity contribution < 1.29 is 24.2 Å². The zero-order chi connectivity index (χ0) is 21.4. The zero-order valence-corrected chi connectivity index (χ0v) is 17.9. The first kappa shape index (κ1) is 23.0. The van der Waals surface area contributed by atoms with Crippen LogP contribution in [-0.2, 0) is 27.4 Å². The van der Waals surface area contributed by atoms with Gasteiger partial charge >= 0.3 is 5.97 Å². The molecule has 0 bridgehead atoms. The molecule has 2 aromatic rings. The van der Waals surface area contributed by atoms with Gasteiger partial charge in [-0.05, 0) is 43.7 Å². The normalized spacial score (nSPS) is 12.3. The van der Waals surface area contributed by atoms with Gasteiger partial charge in [0, 0.05) is 27.6 Å². The Bertz CT molecular complexity index is 850. The minimum absolute atomic E-state index is 0.111. The summed E-state index contributed by atoms with van der Waals surface area (Å²) in [5.74, 6) is -0.432. The second-order valence-corrected chi connectivity index (χ2v) is 7.31. The smallest absolute Gasteiger partial charge is 0.333 e. The van der Waals surface area contributed by atoms with E-state index in [1.54, 1.807) is 57.4 Å². The molecule has 0 fully saturated rings. The number of methoxy groups -OCH3 is 1. The number of hydrogen-bond donors (Lipinski definition) is 1. The van der Waals surface area contributed by atoms with Gasteiger partial charge in [-0.25, -0.2) is 4.79 Å². The van der Waals surface area contributed by atoms with Crippen molar-refractivity contribution in [3.63, 3.8) is 0 Å². The van der Waals surface area contributed by atoms with Crippen LogP contribution in [0.25, 0.3) is 0 Å². The summed E-state index contributed by atoms with van der Waals surface area (Å²) in [5.41, 5.74) is 2.06. The predicted octanol–water partition coefficient (Wildman–Crippen LogP) is 4.97. The third-order valence-electron chi connectivity index (χ3n) is 3.96. The van der Waals surface area contributed by atoms with E-state index in [0.717, 1.165) is 5.56 Å². The van der Waals surface area contributed by atoms with Crippen LogP contribution in [0.2, 0.25) is 10.0 Å². The molecule has 29 heavy (non-hydrogen) atoms. The SMILES string of the molecule is COc1ccc(CC(OC(C)C)C(=O)O)cc1C=NOCc1c(Cl)cccc1Cl. The maximum Gasteiger partial charge on any atom is 0.333 e. The van der Waals surface area contributed by atoms with Crippen LogP contribution in [0.15, 0.2) is 41.6 Å². The molecule has 0 aliphatic rings. The van der Waals surface area contributed by atoms with Crippen LogP contribution >= 0.6 is 23.2 Å². The second-order valence-electron chi connectivity index (χ2n) is 6.50. The van der Waals surface area contributed by atoms with E-state index >= 15 is 0 Å². The van der Waals surface area contributed by atoms with Crippen molar-refractivity contribution in [3.05, 3.63) is 63.1 Å². The number of nitrogens with zero attached hydrogens (tertiary/aromatic N) is 1. The lowest BCUT2D eigenvalue weighted by Gasteiger charge is -2.17. The van der Waals surface area contributed by atoms with Crippen LogP contribution in [0, 0.1) is 0 Å². The van der Waals surface area contributed by atoms with Crippen molar-refractivity contribution in [3.8, 4) is 5.75 Å². The summed E-state index contributed by atoms with van der Waals surface area (Å²) in [7, 11) is 1.54. The number of hydrogen-bond acceptors (Lipinski definition) is 5. The highest BCUT2D eigenvalue weighted by Gasteiger charge is 2.20. The van der Waals surface area contributed by atoms with Crippen LogP contribution in [-0.4, -0.2) is 36.6 Å². The van der Waals surface area contributed by atoms with Gasteiger partial charge in [0.05, 0.1) is 19.4 Å². The molecule has 8 heteroatoms. The van der Waals surface area contributed by atoms with Crippen molar-refractivity contribution in [2.24, 2.45) is 5.16 Å². The summed E-state index contributed by atoms with van der Waals surface area (Å²) in [6.45, 7) is 3.70. The molecule has 0 radical (unpaired) electrons. The summed E-state index contributed by atoms with van der Waals surface area (Å²) in [6.07, 6.45) is 0.577. The summed E-state index contributed by atoms with van der Waals surface area (Å²) < 4.78 is 10.8. The number of oxime groups is 1. The summed E-state index contributed by atoms with van der Waals surface area (Å²) in [6, 6.07) is 10.5. The van der Waals surface area contributed by atoms with E-state index in [1.807, 2.05) is 0 Å². The number of benzene rings is 2. The quantitative estimate of drug-likeness (QED) is 0.417. The molecular formula is C21H23Cl2NO5. The number of carboxylic acids is 1. The molecule has 1 unspecified atom stereocenters. The Morgan fingerprint density at radius 1 is 1.21 bits per heavy atom. The minimum Gasteiger partial charge on any atom is -0.496 e. The van der Waals surface area contributed by atoms with Gasteiger partial charge in [-0.1, -0.05) is 40.5 Å². The fourth-order valence-corrected chi connectivity index (χ4v) is 3.12. The van der Waals surface area contributed by atoms with Gasteiger partial charge < -0.3 is 19.4 Å². The molecule has 2 rings (SSSR count). The fraction of sp³-hybridized carbons (Fsp3) is 0.333. The number of rotatable bonds is 10. The van der Waals surface area contributed by atoms with Crippen LogP contribution < -0.4 is 4.74 Å². The first-order chi connectivity index (χ1) is 13.8. The van der Waals surface area contributed by atoms with Gasteiger partial charge in [-0.2, -0.15) is 0 Å². The van der Waals surface area contributed by atoms with E-state index in [4.69, 9.17) is 37.5 Å². The van der Waals surface area contributed by atoms with E-state index in [1.165, 1.54) is 6.21 Å². The molecule has 0 heterocycles. The zero-order valence-electron chi connectivity index (χ0n) is 16.4. The highest BCUT2D eigenvalue weighted by molar-refractivity contribution is 6.35. The van der Waals surface area contributed by atoms with Gasteiger partial charge in [0.1, 0.15) is 12.4 Å². The lowest BCUT2D eigenvalue weighted by molar-refractivity contribution is -0.153. The van der Waals surface area contributed by atoms with Crippen molar-refractivity contribution in [2.45, 2.75) is 39.1 Å². The molecular weight excluding hydrogens is 417 g/mol. The maximum absolute atomic E-state index is 11.4. The number of carbonyl (C=O) groups is 1. The molecule has 0 aliphatic carbocycles. The molecule has 0 amide bonds. The van der Waals surface area contributed by atoms with E-state index in [-0.39, 0.29) is 19.1 Å². The van der Waals surface area contributed by atoms with Crippen molar-refractivity contribution in [1.29, 1.82) is 0 Å². The first-order valence-corrected chi connectivity index (χ1v) is 9.70. The number of carboxylic acid groups (broad SMARTS) is 1. The van der Waals surface area contributed by atoms with Gasteiger partial charge in [0.25, 0.3) is 0 Å². The van der Waals surface area contributed by atoms with E-state index < -0.39 is 12.1 Å². The van der Waals surface area contributed by atoms with E-state index in [9.17, 15) is 9.90 Å². The number of halogens is 2. The van der Waals surface area contributed by atoms with Crippen molar-refractivity contribution >= 4 is 35.4 Å². The molecule has 2 aromatic carbocycles. The van der Waals surface area contributed by atoms with E-state index in [2.05, 4.69) is 5.16 Å². The van der Waals surface area contributed by atoms with Crippen LogP contribution in [0.5, 0.6) is 5.75 Å². The molecule has 0 aromatic heterocycles. The van der Waals surface area contributed by atoms with Crippen molar-refractivity contribution in [2.75, 3.05) is 7.11 Å².